The van der Waals surface area contributed by atoms with E-state index in [0.29, 0.717) is 11.4 Å². The Labute approximate surface area is 146 Å². The van der Waals surface area contributed by atoms with Crippen LogP contribution in [0.25, 0.3) is 0 Å². The van der Waals surface area contributed by atoms with Gasteiger partial charge in [-0.3, -0.25) is 9.59 Å². The molecule has 24 heavy (non-hydrogen) atoms. The van der Waals surface area contributed by atoms with Gasteiger partial charge in [0.15, 0.2) is 0 Å². The van der Waals surface area contributed by atoms with Crippen molar-refractivity contribution in [1.29, 1.82) is 0 Å². The molecule has 0 bridgehead atoms. The van der Waals surface area contributed by atoms with Gasteiger partial charge in [-0.05, 0) is 42.5 Å². The van der Waals surface area contributed by atoms with Gasteiger partial charge >= 0.3 is 0 Å². The number of thiophene rings is 1. The first-order valence-electron chi connectivity index (χ1n) is 7.77. The third kappa shape index (κ3) is 4.58. The lowest BCUT2D eigenvalue weighted by Crippen LogP contribution is -2.44. The maximum atomic E-state index is 12.2. The van der Waals surface area contributed by atoms with Gasteiger partial charge in [-0.2, -0.15) is 0 Å². The van der Waals surface area contributed by atoms with E-state index in [2.05, 4.69) is 21.6 Å². The molecule has 0 aliphatic carbocycles. The Bertz CT molecular complexity index is 711. The van der Waals surface area contributed by atoms with Crippen LogP contribution in [0.4, 0.5) is 5.69 Å². The molecule has 0 radical (unpaired) electrons. The number of nitrogens with one attached hydrogen (secondary N) is 2. The fraction of sp³-hybridized carbons (Fsp3) is 0.333. The van der Waals surface area contributed by atoms with Gasteiger partial charge in [-0.1, -0.05) is 18.2 Å². The topological polar surface area (TPSA) is 61.4 Å². The Kier molecular flexibility index (Phi) is 5.98. The highest BCUT2D eigenvalue weighted by atomic mass is 32.1. The van der Waals surface area contributed by atoms with Gasteiger partial charge < -0.3 is 15.5 Å². The van der Waals surface area contributed by atoms with Crippen molar-refractivity contribution in [3.8, 4) is 0 Å². The normalized spacial score (nSPS) is 11.7. The zero-order valence-corrected chi connectivity index (χ0v) is 15.2. The molecule has 128 valence electrons. The molecule has 0 saturated heterocycles. The molecule has 1 aromatic heterocycles. The maximum absolute atomic E-state index is 12.2. The Morgan fingerprint density at radius 1 is 1.25 bits per heavy atom. The van der Waals surface area contributed by atoms with Crippen molar-refractivity contribution in [1.82, 2.24) is 10.6 Å². The van der Waals surface area contributed by atoms with Crippen LogP contribution in [0.1, 0.15) is 27.7 Å². The minimum Gasteiger partial charge on any atom is -0.377 e. The predicted octanol–water partition coefficient (Wildman–Crippen LogP) is 2.56. The van der Waals surface area contributed by atoms with E-state index < -0.39 is 6.04 Å². The molecule has 2 amide bonds. The summed E-state index contributed by atoms with van der Waals surface area (Å²) in [4.78, 5) is 26.8. The summed E-state index contributed by atoms with van der Waals surface area (Å²) in [7, 11) is 4.00. The van der Waals surface area contributed by atoms with Crippen molar-refractivity contribution in [3.63, 3.8) is 0 Å². The average Bonchev–Trinajstić information content (AvgIpc) is 3.06. The first-order valence-corrected chi connectivity index (χ1v) is 8.65. The molecule has 0 unspecified atom stereocenters. The van der Waals surface area contributed by atoms with Gasteiger partial charge in [0.1, 0.15) is 6.04 Å². The Hall–Kier alpha value is -2.34. The first-order chi connectivity index (χ1) is 11.4. The second-order valence-electron chi connectivity index (χ2n) is 5.91. The summed E-state index contributed by atoms with van der Waals surface area (Å²) in [6.45, 7) is 4.17. The van der Waals surface area contributed by atoms with E-state index in [4.69, 9.17) is 0 Å². The predicted molar refractivity (Wildman–Crippen MR) is 98.6 cm³/mol. The van der Waals surface area contributed by atoms with Gasteiger partial charge in [-0.15, -0.1) is 11.3 Å². The van der Waals surface area contributed by atoms with Gasteiger partial charge in [0, 0.05) is 26.3 Å². The van der Waals surface area contributed by atoms with Crippen molar-refractivity contribution >= 4 is 28.8 Å². The number of amides is 2. The van der Waals surface area contributed by atoms with E-state index in [1.807, 2.05) is 44.6 Å². The summed E-state index contributed by atoms with van der Waals surface area (Å²) in [5, 5.41) is 7.40. The average molecular weight is 345 g/mol. The fourth-order valence-corrected chi connectivity index (χ4v) is 3.04. The molecular formula is C18H23N3O2S. The number of nitrogens with zero attached hydrogens (tertiary/aromatic N) is 1. The summed E-state index contributed by atoms with van der Waals surface area (Å²) in [6, 6.07) is 9.06. The highest BCUT2D eigenvalue weighted by Crippen LogP contribution is 2.18. The lowest BCUT2D eigenvalue weighted by atomic mass is 10.1. The van der Waals surface area contributed by atoms with E-state index in [0.717, 1.165) is 16.8 Å². The number of hydrogen-bond acceptors (Lipinski definition) is 4. The number of anilines is 1. The Morgan fingerprint density at radius 3 is 2.58 bits per heavy atom. The molecule has 0 aliphatic rings. The molecule has 1 heterocycles. The first kappa shape index (κ1) is 18.0. The largest absolute Gasteiger partial charge is 0.377 e. The number of carbonyl (C=O) groups excluding carboxylic acids is 2. The monoisotopic (exact) mass is 345 g/mol. The fourth-order valence-electron chi connectivity index (χ4n) is 2.41. The molecule has 1 atom stereocenters. The minimum atomic E-state index is -0.582. The molecular weight excluding hydrogens is 322 g/mol. The molecule has 2 aromatic rings. The number of carbonyl (C=O) groups is 2. The highest BCUT2D eigenvalue weighted by molar-refractivity contribution is 7.12. The second kappa shape index (κ2) is 7.97. The highest BCUT2D eigenvalue weighted by Gasteiger charge is 2.16. The van der Waals surface area contributed by atoms with Gasteiger partial charge in [0.05, 0.1) is 4.88 Å². The van der Waals surface area contributed by atoms with Crippen molar-refractivity contribution in [2.45, 2.75) is 26.4 Å². The van der Waals surface area contributed by atoms with Gasteiger partial charge in [0.2, 0.25) is 5.91 Å². The van der Waals surface area contributed by atoms with Crippen LogP contribution in [0, 0.1) is 6.92 Å². The van der Waals surface area contributed by atoms with Crippen molar-refractivity contribution in [3.05, 3.63) is 51.7 Å². The van der Waals surface area contributed by atoms with Crippen LogP contribution in [0.5, 0.6) is 0 Å². The zero-order chi connectivity index (χ0) is 17.7. The third-order valence-electron chi connectivity index (χ3n) is 3.70. The smallest absolute Gasteiger partial charge is 0.261 e. The van der Waals surface area contributed by atoms with E-state index in [1.165, 1.54) is 11.3 Å². The standard InChI is InChI=1S/C18H23N3O2S/c1-12-10-14(7-8-15(12)21(3)4)11-19-17(22)13(2)20-18(23)16-6-5-9-24-16/h5-10,13H,11H2,1-4H3,(H,19,22)(H,20,23)/t13-/m0/s1. The van der Waals surface area contributed by atoms with Crippen LogP contribution in [-0.4, -0.2) is 32.0 Å². The van der Waals surface area contributed by atoms with Crippen LogP contribution in [-0.2, 0) is 11.3 Å². The van der Waals surface area contributed by atoms with Crippen molar-refractivity contribution in [2.75, 3.05) is 19.0 Å². The number of aryl methyl sites for hydroxylation is 1. The summed E-state index contributed by atoms with van der Waals surface area (Å²) < 4.78 is 0. The quantitative estimate of drug-likeness (QED) is 0.846. The van der Waals surface area contributed by atoms with E-state index in [9.17, 15) is 9.59 Å². The van der Waals surface area contributed by atoms with E-state index in [1.54, 1.807) is 13.0 Å². The van der Waals surface area contributed by atoms with Gasteiger partial charge in [0.25, 0.3) is 5.91 Å². The molecule has 1 aromatic carbocycles. The van der Waals surface area contributed by atoms with E-state index >= 15 is 0 Å². The Balaban J connectivity index is 1.88. The third-order valence-corrected chi connectivity index (χ3v) is 4.56. The molecule has 0 aliphatic heterocycles. The number of benzene rings is 1. The minimum absolute atomic E-state index is 0.200. The number of rotatable bonds is 6. The summed E-state index contributed by atoms with van der Waals surface area (Å²) in [6.07, 6.45) is 0. The van der Waals surface area contributed by atoms with E-state index in [-0.39, 0.29) is 11.8 Å². The molecule has 6 heteroatoms. The van der Waals surface area contributed by atoms with Gasteiger partial charge in [-0.25, -0.2) is 0 Å². The summed E-state index contributed by atoms with van der Waals surface area (Å²) >= 11 is 1.35. The lowest BCUT2D eigenvalue weighted by Gasteiger charge is -2.17. The number of hydrogen-bond donors (Lipinski definition) is 2. The molecule has 0 saturated carbocycles. The SMILES string of the molecule is Cc1cc(CNC(=O)[C@H](C)NC(=O)c2cccs2)ccc1N(C)C. The lowest BCUT2D eigenvalue weighted by molar-refractivity contribution is -0.122. The molecule has 0 fully saturated rings. The van der Waals surface area contributed by atoms with Crippen LogP contribution in [0.3, 0.4) is 0 Å². The molecule has 5 nitrogen and oxygen atoms in total. The second-order valence-corrected chi connectivity index (χ2v) is 6.85. The van der Waals surface area contributed by atoms with Crippen molar-refractivity contribution < 1.29 is 9.59 Å². The summed E-state index contributed by atoms with van der Waals surface area (Å²) in [5.41, 5.74) is 3.34. The van der Waals surface area contributed by atoms with Crippen LogP contribution < -0.4 is 15.5 Å². The van der Waals surface area contributed by atoms with Crippen LogP contribution in [0.15, 0.2) is 35.7 Å². The molecule has 0 spiro atoms. The van der Waals surface area contributed by atoms with Crippen LogP contribution in [0.2, 0.25) is 0 Å². The zero-order valence-electron chi connectivity index (χ0n) is 14.4. The molecule has 2 N–H and O–H groups in total. The van der Waals surface area contributed by atoms with Crippen molar-refractivity contribution in [2.24, 2.45) is 0 Å². The Morgan fingerprint density at radius 2 is 2.00 bits per heavy atom. The molecule has 2 rings (SSSR count). The summed E-state index contributed by atoms with van der Waals surface area (Å²) in [5.74, 6) is -0.423. The van der Waals surface area contributed by atoms with Crippen LogP contribution >= 0.6 is 11.3 Å². The maximum Gasteiger partial charge on any atom is 0.261 e.